The summed E-state index contributed by atoms with van der Waals surface area (Å²) >= 11 is 0. The Hall–Kier alpha value is -3.32. The highest BCUT2D eigenvalue weighted by molar-refractivity contribution is 5.76. The molecule has 75 heavy (non-hydrogen) atoms. The molecule has 20 atom stereocenters. The number of amides is 1. The van der Waals surface area contributed by atoms with Crippen molar-refractivity contribution >= 4 is 11.9 Å². The third kappa shape index (κ3) is 15.1. The summed E-state index contributed by atoms with van der Waals surface area (Å²) in [5, 5.41) is 73.4. The standard InChI is InChI=1S/C55H90FN5O14/c1-14-42-55(10,69)48(65)34(6)61(12)29-30(2)24-53(8,68)50(32(4)47(33(5)51(67)73-42)74-44-25-54(9,70-13)49(66)35(7)72-44)75-52-46(64)41(23-31(3)71-52)60(11)22-21-43(62)59-40(26-56)45(63)37-17-15-36(16-18-37)38-19-20-39(27-57)58-28-38/h15-20,28,30-35,40-42,44-50,52,63-66,68-69H,14,21-27,29,57H2,1-13H3,(H,59,62)/t30-,31-,32+,33-,34-,35+,40-,41+,42-,44+,45-,46-,47+,48-,49+,50-,52+,53-,54-,55-/m1/s1. The molecule has 0 saturated carbocycles. The molecule has 19 nitrogen and oxygen atoms in total. The number of ether oxygens (including phenoxy) is 6. The van der Waals surface area contributed by atoms with Gasteiger partial charge in [0.1, 0.15) is 42.8 Å². The lowest BCUT2D eigenvalue weighted by Crippen LogP contribution is -2.61. The number of hydrogen-bond donors (Lipinski definition) is 8. The van der Waals surface area contributed by atoms with Crippen LogP contribution in [0.4, 0.5) is 4.39 Å². The van der Waals surface area contributed by atoms with Gasteiger partial charge >= 0.3 is 5.97 Å². The molecular weight excluding hydrogens is 974 g/mol. The highest BCUT2D eigenvalue weighted by atomic mass is 19.1. The van der Waals surface area contributed by atoms with E-state index in [0.717, 1.165) is 16.8 Å². The van der Waals surface area contributed by atoms with Crippen LogP contribution in [-0.2, 0) is 44.6 Å². The van der Waals surface area contributed by atoms with Crippen LogP contribution in [-0.4, -0.2) is 195 Å². The van der Waals surface area contributed by atoms with Gasteiger partial charge in [0.05, 0.1) is 53.3 Å². The minimum absolute atomic E-state index is 0.0585. The maximum Gasteiger partial charge on any atom is 0.311 e. The molecule has 0 bridgehead atoms. The van der Waals surface area contributed by atoms with Crippen molar-refractivity contribution in [3.05, 3.63) is 53.9 Å². The smallest absolute Gasteiger partial charge is 0.311 e. The first kappa shape index (κ1) is 62.5. The fourth-order valence-electron chi connectivity index (χ4n) is 11.4. The summed E-state index contributed by atoms with van der Waals surface area (Å²) in [5.74, 6) is -3.53. The van der Waals surface area contributed by atoms with Crippen LogP contribution in [0.2, 0.25) is 0 Å². The van der Waals surface area contributed by atoms with Crippen molar-refractivity contribution in [2.75, 3.05) is 41.0 Å². The first-order valence-corrected chi connectivity index (χ1v) is 26.7. The number of alkyl halides is 1. The average molecular weight is 1060 g/mol. The Morgan fingerprint density at radius 3 is 2.23 bits per heavy atom. The third-order valence-corrected chi connectivity index (χ3v) is 16.3. The van der Waals surface area contributed by atoms with Crippen LogP contribution in [0.3, 0.4) is 0 Å². The van der Waals surface area contributed by atoms with Gasteiger partial charge in [-0.05, 0) is 105 Å². The number of esters is 1. The number of hydrogen-bond acceptors (Lipinski definition) is 18. The number of nitrogens with one attached hydrogen (secondary N) is 1. The van der Waals surface area contributed by atoms with Crippen LogP contribution in [0.25, 0.3) is 11.1 Å². The number of carbonyl (C=O) groups is 2. The Kier molecular flexibility index (Phi) is 22.1. The second kappa shape index (κ2) is 26.6. The Labute approximate surface area is 443 Å². The number of halogens is 1. The molecule has 4 heterocycles. The second-order valence-corrected chi connectivity index (χ2v) is 22.6. The number of cyclic esters (lactones) is 1. The molecule has 1 amide bonds. The van der Waals surface area contributed by atoms with Gasteiger partial charge in [-0.2, -0.15) is 0 Å². The molecular formula is C55H90FN5O14. The van der Waals surface area contributed by atoms with E-state index in [4.69, 9.17) is 34.2 Å². The fraction of sp³-hybridized carbons (Fsp3) is 0.764. The lowest BCUT2D eigenvalue weighted by atomic mass is 9.77. The highest BCUT2D eigenvalue weighted by Gasteiger charge is 2.53. The molecule has 0 unspecified atom stereocenters. The summed E-state index contributed by atoms with van der Waals surface area (Å²) in [6.45, 7) is 16.9. The number of aliphatic hydroxyl groups is 6. The number of aliphatic hydroxyl groups excluding tert-OH is 4. The predicted molar refractivity (Wildman–Crippen MR) is 278 cm³/mol. The topological polar surface area (TPSA) is 268 Å². The Morgan fingerprint density at radius 1 is 0.987 bits per heavy atom. The molecule has 2 aromatic rings. The maximum absolute atomic E-state index is 14.5. The minimum atomic E-state index is -1.87. The molecule has 20 heteroatoms. The number of aromatic nitrogens is 1. The first-order chi connectivity index (χ1) is 35.1. The molecule has 0 radical (unpaired) electrons. The van der Waals surface area contributed by atoms with E-state index < -0.39 is 133 Å². The van der Waals surface area contributed by atoms with Gasteiger partial charge < -0.3 is 79.9 Å². The average Bonchev–Trinajstić information content (AvgIpc) is 3.37. The summed E-state index contributed by atoms with van der Waals surface area (Å²) in [6, 6.07) is 8.17. The van der Waals surface area contributed by atoms with E-state index in [2.05, 4.69) is 10.3 Å². The lowest BCUT2D eigenvalue weighted by molar-refractivity contribution is -0.318. The molecule has 426 valence electrons. The van der Waals surface area contributed by atoms with Gasteiger partial charge in [0.25, 0.3) is 0 Å². The van der Waals surface area contributed by atoms with E-state index in [0.29, 0.717) is 25.1 Å². The Balaban J connectivity index is 1.39. The third-order valence-electron chi connectivity index (χ3n) is 16.3. The van der Waals surface area contributed by atoms with E-state index in [1.54, 1.807) is 97.9 Å². The number of nitrogens with two attached hydrogens (primary N) is 1. The van der Waals surface area contributed by atoms with E-state index in [9.17, 15) is 44.6 Å². The first-order valence-electron chi connectivity index (χ1n) is 26.7. The molecule has 0 aliphatic carbocycles. The molecule has 3 saturated heterocycles. The van der Waals surface area contributed by atoms with Crippen molar-refractivity contribution in [2.24, 2.45) is 23.5 Å². The van der Waals surface area contributed by atoms with Gasteiger partial charge in [0.2, 0.25) is 5.91 Å². The van der Waals surface area contributed by atoms with Crippen molar-refractivity contribution in [3.8, 4) is 11.1 Å². The molecule has 5 rings (SSSR count). The number of benzene rings is 1. The SMILES string of the molecule is CC[C@H]1OC(=O)[C@H](C)[C@@H](O[C@H]2C[C@@](C)(OC)[C@@H](O)[C@H](C)O2)[C@H](C)[C@@H](O[C@@H]2O[C@H](C)C[C@H](N(C)CCC(=O)N[C@H](CF)[C@H](O)c3ccc(-c4ccc(CN)nc4)cc3)[C@H]2O)[C@](C)(O)C[C@@H](C)CN(C)[C@H](C)[C@@H](O)[C@]1(C)O. The molecule has 3 aliphatic rings. The van der Waals surface area contributed by atoms with Gasteiger partial charge in [-0.1, -0.05) is 51.1 Å². The zero-order chi connectivity index (χ0) is 55.9. The Morgan fingerprint density at radius 2 is 1.64 bits per heavy atom. The number of likely N-dealkylation sites (N-methyl/N-ethyl adjacent to an activating group) is 2. The van der Waals surface area contributed by atoms with Crippen LogP contribution in [0.15, 0.2) is 42.6 Å². The van der Waals surface area contributed by atoms with Crippen LogP contribution in [0.5, 0.6) is 0 Å². The van der Waals surface area contributed by atoms with E-state index in [-0.39, 0.29) is 38.1 Å². The summed E-state index contributed by atoms with van der Waals surface area (Å²) < 4.78 is 52.5. The maximum atomic E-state index is 14.5. The summed E-state index contributed by atoms with van der Waals surface area (Å²) in [6.07, 6.45) is -9.87. The highest BCUT2D eigenvalue weighted by Crippen LogP contribution is 2.40. The fourth-order valence-corrected chi connectivity index (χ4v) is 11.4. The number of carbonyl (C=O) groups excluding carboxylic acids is 2. The number of methoxy groups -OCH3 is 1. The molecule has 0 spiro atoms. The Bertz CT molecular complexity index is 2110. The van der Waals surface area contributed by atoms with Gasteiger partial charge in [-0.25, -0.2) is 4.39 Å². The quantitative estimate of drug-likeness (QED) is 0.112. The van der Waals surface area contributed by atoms with Gasteiger partial charge in [0, 0.05) is 69.3 Å². The summed E-state index contributed by atoms with van der Waals surface area (Å²) in [7, 11) is 5.02. The van der Waals surface area contributed by atoms with Gasteiger partial charge in [0.15, 0.2) is 12.6 Å². The predicted octanol–water partition coefficient (Wildman–Crippen LogP) is 3.37. The molecule has 1 aromatic carbocycles. The van der Waals surface area contributed by atoms with Crippen molar-refractivity contribution in [2.45, 2.75) is 210 Å². The normalized spacial score (nSPS) is 38.7. The zero-order valence-corrected chi connectivity index (χ0v) is 46.5. The van der Waals surface area contributed by atoms with Gasteiger partial charge in [-0.3, -0.25) is 14.6 Å². The molecule has 9 N–H and O–H groups in total. The molecule has 1 aromatic heterocycles. The van der Waals surface area contributed by atoms with Gasteiger partial charge in [-0.15, -0.1) is 0 Å². The zero-order valence-electron chi connectivity index (χ0n) is 46.5. The second-order valence-electron chi connectivity index (χ2n) is 22.6. The van der Waals surface area contributed by atoms with Crippen molar-refractivity contribution < 1.29 is 73.0 Å². The van der Waals surface area contributed by atoms with Crippen LogP contribution >= 0.6 is 0 Å². The molecule has 3 aliphatic heterocycles. The largest absolute Gasteiger partial charge is 0.459 e. The van der Waals surface area contributed by atoms with Crippen LogP contribution in [0, 0.1) is 17.8 Å². The summed E-state index contributed by atoms with van der Waals surface area (Å²) in [4.78, 5) is 35.9. The number of pyridine rings is 1. The monoisotopic (exact) mass is 1060 g/mol. The lowest BCUT2D eigenvalue weighted by Gasteiger charge is -2.49. The number of rotatable bonds is 16. The van der Waals surface area contributed by atoms with E-state index >= 15 is 0 Å². The summed E-state index contributed by atoms with van der Waals surface area (Å²) in [5.41, 5.74) is 3.84. The van der Waals surface area contributed by atoms with Crippen LogP contribution < -0.4 is 11.1 Å². The van der Waals surface area contributed by atoms with Crippen molar-refractivity contribution in [3.63, 3.8) is 0 Å². The van der Waals surface area contributed by atoms with Crippen LogP contribution in [0.1, 0.15) is 119 Å². The minimum Gasteiger partial charge on any atom is -0.459 e. The van der Waals surface area contributed by atoms with E-state index in [1.807, 2.05) is 30.9 Å². The van der Waals surface area contributed by atoms with Crippen molar-refractivity contribution in [1.82, 2.24) is 20.1 Å². The number of nitrogens with zero attached hydrogens (tertiary/aromatic N) is 3. The van der Waals surface area contributed by atoms with Crippen molar-refractivity contribution in [1.29, 1.82) is 0 Å². The van der Waals surface area contributed by atoms with E-state index in [1.165, 1.54) is 14.0 Å². The molecule has 3 fully saturated rings.